The Morgan fingerprint density at radius 2 is 1.63 bits per heavy atom. The van der Waals surface area contributed by atoms with Crippen LogP contribution < -0.4 is 0 Å². The van der Waals surface area contributed by atoms with E-state index in [9.17, 15) is 9.90 Å². The minimum atomic E-state index is -0.798. The van der Waals surface area contributed by atoms with Crippen LogP contribution in [0.5, 0.6) is 0 Å². The lowest BCUT2D eigenvalue weighted by atomic mass is 9.74. The Labute approximate surface area is 209 Å². The summed E-state index contributed by atoms with van der Waals surface area (Å²) in [5.74, 6) is 6.54. The van der Waals surface area contributed by atoms with Crippen LogP contribution >= 0.6 is 0 Å². The molecule has 1 N–H and O–H groups in total. The number of piperidine rings is 2. The van der Waals surface area contributed by atoms with Gasteiger partial charge in [0.05, 0.1) is 5.60 Å². The molecule has 4 nitrogen and oxygen atoms in total. The minimum absolute atomic E-state index is 0.0324. The molecule has 2 aromatic rings. The van der Waals surface area contributed by atoms with Gasteiger partial charge in [0.1, 0.15) is 6.61 Å². The number of benzene rings is 2. The number of carbonyl (C=O) groups excluding carboxylic acids is 1. The van der Waals surface area contributed by atoms with Gasteiger partial charge in [0.25, 0.3) is 0 Å². The smallest absolute Gasteiger partial charge is 0.410 e. The summed E-state index contributed by atoms with van der Waals surface area (Å²) in [5.41, 5.74) is 4.13. The maximum absolute atomic E-state index is 13.4. The van der Waals surface area contributed by atoms with Crippen LogP contribution in [0.4, 0.5) is 4.79 Å². The predicted octanol–water partition coefficient (Wildman–Crippen LogP) is 6.66. The van der Waals surface area contributed by atoms with Crippen molar-refractivity contribution in [2.75, 3.05) is 6.61 Å². The van der Waals surface area contributed by atoms with Gasteiger partial charge in [-0.1, -0.05) is 68.3 Å². The van der Waals surface area contributed by atoms with Crippen LogP contribution in [0.1, 0.15) is 88.2 Å². The highest BCUT2D eigenvalue weighted by Crippen LogP contribution is 2.45. The third-order valence-electron chi connectivity index (χ3n) is 8.09. The molecule has 2 heterocycles. The summed E-state index contributed by atoms with van der Waals surface area (Å²) in [6.45, 7) is 2.54. The molecule has 0 radical (unpaired) electrons. The second-order valence-corrected chi connectivity index (χ2v) is 10.6. The molecular formula is C31H37NO3. The molecule has 2 bridgehead atoms. The standard InChI is InChI=1S/C31H37NO3/c1-2-3-4-5-6-11-19-31(34)20-23-13-12-14-24(21-31)32(23)30(33)35-22-29-27-17-9-7-15-25(27)26-16-8-10-18-28(26)29/h7-10,15-18,23-24,29,34H,2-5,12-14,19-22H2,1H3. The highest BCUT2D eigenvalue weighted by Gasteiger charge is 2.47. The zero-order valence-electron chi connectivity index (χ0n) is 20.8. The monoisotopic (exact) mass is 471 g/mol. The van der Waals surface area contributed by atoms with Crippen molar-refractivity contribution >= 4 is 6.09 Å². The summed E-state index contributed by atoms with van der Waals surface area (Å²) in [5, 5.41) is 11.3. The largest absolute Gasteiger partial charge is 0.448 e. The first-order valence-electron chi connectivity index (χ1n) is 13.4. The topological polar surface area (TPSA) is 49.8 Å². The lowest BCUT2D eigenvalue weighted by molar-refractivity contribution is -0.0816. The molecule has 2 aromatic carbocycles. The SMILES string of the molecule is CCCCCC#CCC1(O)CC2CCCC(C1)N2C(=O)OCC1c2ccccc2-c2ccccc21. The third kappa shape index (κ3) is 4.98. The summed E-state index contributed by atoms with van der Waals surface area (Å²) in [4.78, 5) is 15.3. The van der Waals surface area contributed by atoms with Gasteiger partial charge in [-0.3, -0.25) is 0 Å². The van der Waals surface area contributed by atoms with E-state index in [0.717, 1.165) is 32.1 Å². The van der Waals surface area contributed by atoms with Crippen LogP contribution in [0.15, 0.2) is 48.5 Å². The quantitative estimate of drug-likeness (QED) is 0.379. The molecule has 2 aliphatic heterocycles. The molecule has 2 atom stereocenters. The summed E-state index contributed by atoms with van der Waals surface area (Å²) < 4.78 is 6.00. The Morgan fingerprint density at radius 1 is 1.00 bits per heavy atom. The van der Waals surface area contributed by atoms with E-state index in [4.69, 9.17) is 4.74 Å². The van der Waals surface area contributed by atoms with Crippen molar-refractivity contribution in [2.24, 2.45) is 0 Å². The van der Waals surface area contributed by atoms with Gasteiger partial charge in [-0.2, -0.15) is 0 Å². The first-order valence-corrected chi connectivity index (χ1v) is 13.4. The summed E-state index contributed by atoms with van der Waals surface area (Å²) in [7, 11) is 0. The lowest BCUT2D eigenvalue weighted by Crippen LogP contribution is -2.59. The normalized spacial score (nSPS) is 24.8. The molecule has 1 aliphatic carbocycles. The van der Waals surface area contributed by atoms with Crippen molar-refractivity contribution in [1.82, 2.24) is 4.90 Å². The van der Waals surface area contributed by atoms with Gasteiger partial charge in [0.15, 0.2) is 0 Å². The molecule has 0 saturated carbocycles. The number of rotatable bonds is 6. The van der Waals surface area contributed by atoms with Crippen LogP contribution in [0.3, 0.4) is 0 Å². The van der Waals surface area contributed by atoms with Gasteiger partial charge in [0.2, 0.25) is 0 Å². The minimum Gasteiger partial charge on any atom is -0.448 e. The van der Waals surface area contributed by atoms with E-state index in [1.165, 1.54) is 35.1 Å². The molecule has 184 valence electrons. The van der Waals surface area contributed by atoms with Crippen molar-refractivity contribution in [2.45, 2.75) is 94.7 Å². The van der Waals surface area contributed by atoms with E-state index < -0.39 is 5.60 Å². The molecule has 0 spiro atoms. The fourth-order valence-electron chi connectivity index (χ4n) is 6.42. The number of nitrogens with zero attached hydrogens (tertiary/aromatic N) is 1. The van der Waals surface area contributed by atoms with Crippen molar-refractivity contribution in [3.05, 3.63) is 59.7 Å². The zero-order valence-corrected chi connectivity index (χ0v) is 20.8. The molecule has 35 heavy (non-hydrogen) atoms. The van der Waals surface area contributed by atoms with E-state index in [-0.39, 0.29) is 24.1 Å². The fourth-order valence-corrected chi connectivity index (χ4v) is 6.42. The van der Waals surface area contributed by atoms with E-state index in [1.54, 1.807) is 0 Å². The van der Waals surface area contributed by atoms with Crippen LogP contribution in [-0.4, -0.2) is 40.4 Å². The van der Waals surface area contributed by atoms with Gasteiger partial charge in [-0.25, -0.2) is 4.79 Å². The molecule has 5 rings (SSSR count). The summed E-state index contributed by atoms with van der Waals surface area (Å²) >= 11 is 0. The molecule has 0 aromatic heterocycles. The number of ether oxygens (including phenoxy) is 1. The van der Waals surface area contributed by atoms with Gasteiger partial charge >= 0.3 is 6.09 Å². The van der Waals surface area contributed by atoms with E-state index in [0.29, 0.717) is 25.9 Å². The molecule has 2 fully saturated rings. The second kappa shape index (κ2) is 10.5. The van der Waals surface area contributed by atoms with Gasteiger partial charge in [-0.05, 0) is 60.8 Å². The van der Waals surface area contributed by atoms with Gasteiger partial charge in [-0.15, -0.1) is 11.8 Å². The Kier molecular flexibility index (Phi) is 7.16. The molecule has 4 heteroatoms. The summed E-state index contributed by atoms with van der Waals surface area (Å²) in [6, 6.07) is 16.9. The Hall–Kier alpha value is -2.77. The molecule has 3 aliphatic rings. The third-order valence-corrected chi connectivity index (χ3v) is 8.09. The number of hydrogen-bond acceptors (Lipinski definition) is 3. The first-order chi connectivity index (χ1) is 17.1. The maximum atomic E-state index is 13.4. The van der Waals surface area contributed by atoms with Crippen molar-refractivity contribution < 1.29 is 14.6 Å². The van der Waals surface area contributed by atoms with E-state index in [2.05, 4.69) is 67.3 Å². The highest BCUT2D eigenvalue weighted by molar-refractivity contribution is 5.79. The van der Waals surface area contributed by atoms with Crippen LogP contribution in [0.2, 0.25) is 0 Å². The zero-order chi connectivity index (χ0) is 24.3. The Balaban J connectivity index is 1.23. The average Bonchev–Trinajstić information content (AvgIpc) is 3.18. The number of hydrogen-bond donors (Lipinski definition) is 1. The Morgan fingerprint density at radius 3 is 2.26 bits per heavy atom. The molecular weight excluding hydrogens is 434 g/mol. The van der Waals surface area contributed by atoms with Crippen LogP contribution in [-0.2, 0) is 4.74 Å². The highest BCUT2D eigenvalue weighted by atomic mass is 16.6. The second-order valence-electron chi connectivity index (χ2n) is 10.6. The van der Waals surface area contributed by atoms with Crippen LogP contribution in [0, 0.1) is 11.8 Å². The number of carbonyl (C=O) groups is 1. The van der Waals surface area contributed by atoms with Gasteiger partial charge < -0.3 is 14.7 Å². The molecule has 2 saturated heterocycles. The van der Waals surface area contributed by atoms with E-state index >= 15 is 0 Å². The Bertz CT molecular complexity index is 1050. The number of aliphatic hydroxyl groups is 1. The van der Waals surface area contributed by atoms with E-state index in [1.807, 2.05) is 4.90 Å². The number of unbranched alkanes of at least 4 members (excludes halogenated alkanes) is 3. The van der Waals surface area contributed by atoms with Gasteiger partial charge in [0, 0.05) is 30.8 Å². The molecule has 2 unspecified atom stereocenters. The fraction of sp³-hybridized carbons (Fsp3) is 0.516. The lowest BCUT2D eigenvalue weighted by Gasteiger charge is -2.51. The van der Waals surface area contributed by atoms with Crippen LogP contribution in [0.25, 0.3) is 11.1 Å². The molecule has 1 amide bonds. The summed E-state index contributed by atoms with van der Waals surface area (Å²) in [6.07, 6.45) is 8.85. The number of amides is 1. The van der Waals surface area contributed by atoms with Crippen molar-refractivity contribution in [1.29, 1.82) is 0 Å². The average molecular weight is 472 g/mol. The number of fused-ring (bicyclic) bond motifs is 5. The van der Waals surface area contributed by atoms with Crippen molar-refractivity contribution in [3.8, 4) is 23.0 Å². The predicted molar refractivity (Wildman–Crippen MR) is 139 cm³/mol. The first kappa shape index (κ1) is 23.9. The van der Waals surface area contributed by atoms with Crippen molar-refractivity contribution in [3.63, 3.8) is 0 Å². The maximum Gasteiger partial charge on any atom is 0.410 e.